The van der Waals surface area contributed by atoms with E-state index in [1.807, 2.05) is 24.3 Å². The lowest BCUT2D eigenvalue weighted by Crippen LogP contribution is -2.05. The van der Waals surface area contributed by atoms with Crippen LogP contribution in [0.1, 0.15) is 5.56 Å². The Morgan fingerprint density at radius 3 is 2.78 bits per heavy atom. The van der Waals surface area contributed by atoms with Gasteiger partial charge >= 0.3 is 0 Å². The molecule has 0 bridgehead atoms. The van der Waals surface area contributed by atoms with Crippen LogP contribution in [0.5, 0.6) is 5.75 Å². The van der Waals surface area contributed by atoms with Crippen molar-refractivity contribution in [3.63, 3.8) is 0 Å². The van der Waals surface area contributed by atoms with E-state index in [1.165, 1.54) is 5.56 Å². The third-order valence-corrected chi connectivity index (χ3v) is 2.44. The summed E-state index contributed by atoms with van der Waals surface area (Å²) < 4.78 is 10.3. The van der Waals surface area contributed by atoms with E-state index in [-0.39, 0.29) is 6.79 Å². The summed E-state index contributed by atoms with van der Waals surface area (Å²) >= 11 is 0. The van der Waals surface area contributed by atoms with Gasteiger partial charge in [-0.05, 0) is 11.6 Å². The monoisotopic (exact) mass is 244 g/mol. The van der Waals surface area contributed by atoms with Crippen molar-refractivity contribution in [3.05, 3.63) is 54.4 Å². The van der Waals surface area contributed by atoms with Crippen LogP contribution >= 0.6 is 0 Å². The van der Waals surface area contributed by atoms with Crippen LogP contribution in [-0.4, -0.2) is 18.9 Å². The molecule has 0 spiro atoms. The highest BCUT2D eigenvalue weighted by molar-refractivity contribution is 5.54. The van der Waals surface area contributed by atoms with Crippen LogP contribution in [0, 0.1) is 0 Å². The fraction of sp³-hybridized carbons (Fsp3) is 0.214. The van der Waals surface area contributed by atoms with Gasteiger partial charge in [0.15, 0.2) is 12.5 Å². The molecule has 1 aromatic heterocycles. The van der Waals surface area contributed by atoms with Gasteiger partial charge in [-0.1, -0.05) is 30.3 Å². The maximum absolute atomic E-state index is 5.43. The smallest absolute Gasteiger partial charge is 0.188 e. The Hall–Kier alpha value is -2.07. The lowest BCUT2D eigenvalue weighted by atomic mass is 10.2. The van der Waals surface area contributed by atoms with Crippen molar-refractivity contribution in [2.24, 2.45) is 0 Å². The Balaban J connectivity index is 2.00. The molecule has 0 aliphatic heterocycles. The Morgan fingerprint density at radius 2 is 2.00 bits per heavy atom. The molecule has 4 nitrogen and oxygen atoms in total. The number of rotatable bonds is 6. The zero-order chi connectivity index (χ0) is 12.6. The number of nitrogens with zero attached hydrogens (tertiary/aromatic N) is 1. The number of hydrogen-bond acceptors (Lipinski definition) is 4. The normalized spacial score (nSPS) is 10.1. The number of aromatic nitrogens is 1. The lowest BCUT2D eigenvalue weighted by molar-refractivity contribution is 0.0513. The number of pyridine rings is 1. The number of anilines is 1. The second-order valence-electron chi connectivity index (χ2n) is 3.76. The molecule has 1 heterocycles. The predicted molar refractivity (Wildman–Crippen MR) is 70.5 cm³/mol. The summed E-state index contributed by atoms with van der Waals surface area (Å²) in [5, 5.41) is 3.32. The van der Waals surface area contributed by atoms with Crippen molar-refractivity contribution < 1.29 is 9.47 Å². The first-order chi connectivity index (χ1) is 8.90. The fourth-order valence-corrected chi connectivity index (χ4v) is 1.56. The molecule has 4 heteroatoms. The van der Waals surface area contributed by atoms with E-state index in [0.29, 0.717) is 5.75 Å². The Bertz CT molecular complexity index is 474. The van der Waals surface area contributed by atoms with Gasteiger partial charge in [0.25, 0.3) is 0 Å². The van der Waals surface area contributed by atoms with Crippen LogP contribution in [0.2, 0.25) is 0 Å². The van der Waals surface area contributed by atoms with Crippen LogP contribution in [0.3, 0.4) is 0 Å². The summed E-state index contributed by atoms with van der Waals surface area (Å²) in [4.78, 5) is 4.03. The summed E-state index contributed by atoms with van der Waals surface area (Å²) in [6.07, 6.45) is 3.40. The molecule has 0 amide bonds. The van der Waals surface area contributed by atoms with Gasteiger partial charge in [-0.3, -0.25) is 4.98 Å². The Kier molecular flexibility index (Phi) is 4.55. The van der Waals surface area contributed by atoms with Crippen molar-refractivity contribution in [2.45, 2.75) is 6.54 Å². The number of ether oxygens (including phenoxy) is 2. The average molecular weight is 244 g/mol. The van der Waals surface area contributed by atoms with Crippen LogP contribution in [0.25, 0.3) is 0 Å². The summed E-state index contributed by atoms with van der Waals surface area (Å²) in [6, 6.07) is 12.1. The van der Waals surface area contributed by atoms with E-state index in [1.54, 1.807) is 19.5 Å². The molecule has 0 saturated heterocycles. The minimum atomic E-state index is 0.214. The molecule has 0 aliphatic carbocycles. The van der Waals surface area contributed by atoms with Crippen molar-refractivity contribution in [1.29, 1.82) is 0 Å². The highest BCUT2D eigenvalue weighted by Crippen LogP contribution is 2.22. The van der Waals surface area contributed by atoms with Gasteiger partial charge in [-0.15, -0.1) is 0 Å². The highest BCUT2D eigenvalue weighted by atomic mass is 16.7. The maximum Gasteiger partial charge on any atom is 0.188 e. The minimum absolute atomic E-state index is 0.214. The van der Waals surface area contributed by atoms with E-state index in [2.05, 4.69) is 22.4 Å². The first-order valence-electron chi connectivity index (χ1n) is 5.73. The van der Waals surface area contributed by atoms with Gasteiger partial charge in [0.1, 0.15) is 0 Å². The number of hydrogen-bond donors (Lipinski definition) is 1. The van der Waals surface area contributed by atoms with Crippen LogP contribution in [0.15, 0.2) is 48.8 Å². The predicted octanol–water partition coefficient (Wildman–Crippen LogP) is 2.68. The second kappa shape index (κ2) is 6.61. The molecule has 1 aromatic carbocycles. The lowest BCUT2D eigenvalue weighted by Gasteiger charge is -2.12. The summed E-state index contributed by atoms with van der Waals surface area (Å²) in [6.45, 7) is 0.958. The molecule has 2 rings (SSSR count). The minimum Gasteiger partial charge on any atom is -0.464 e. The van der Waals surface area contributed by atoms with Crippen molar-refractivity contribution >= 4 is 5.69 Å². The van der Waals surface area contributed by atoms with Gasteiger partial charge < -0.3 is 14.8 Å². The van der Waals surface area contributed by atoms with E-state index in [9.17, 15) is 0 Å². The number of methoxy groups -OCH3 is 1. The Morgan fingerprint density at radius 1 is 1.17 bits per heavy atom. The summed E-state index contributed by atoms with van der Waals surface area (Å²) in [7, 11) is 1.59. The molecule has 1 N–H and O–H groups in total. The van der Waals surface area contributed by atoms with Crippen LogP contribution in [-0.2, 0) is 11.3 Å². The van der Waals surface area contributed by atoms with Crippen molar-refractivity contribution in [1.82, 2.24) is 4.98 Å². The van der Waals surface area contributed by atoms with Gasteiger partial charge in [0.05, 0.1) is 11.9 Å². The Labute approximate surface area is 107 Å². The first kappa shape index (κ1) is 12.4. The van der Waals surface area contributed by atoms with E-state index < -0.39 is 0 Å². The molecule has 2 aromatic rings. The molecule has 18 heavy (non-hydrogen) atoms. The van der Waals surface area contributed by atoms with Gasteiger partial charge in [0, 0.05) is 19.9 Å². The molecule has 0 radical (unpaired) electrons. The standard InChI is InChI=1S/C14H16N2O2/c1-17-11-18-14-10-15-8-7-13(14)16-9-12-5-3-2-4-6-12/h2-8,10H,9,11H2,1H3,(H,15,16). The molecule has 0 unspecified atom stereocenters. The van der Waals surface area contributed by atoms with E-state index in [0.717, 1.165) is 12.2 Å². The fourth-order valence-electron chi connectivity index (χ4n) is 1.56. The molecule has 0 saturated carbocycles. The van der Waals surface area contributed by atoms with Crippen molar-refractivity contribution in [3.8, 4) is 5.75 Å². The third kappa shape index (κ3) is 3.46. The molecular formula is C14H16N2O2. The number of nitrogens with one attached hydrogen (secondary N) is 1. The topological polar surface area (TPSA) is 43.4 Å². The van der Waals surface area contributed by atoms with E-state index in [4.69, 9.17) is 9.47 Å². The van der Waals surface area contributed by atoms with Crippen LogP contribution in [0.4, 0.5) is 5.69 Å². The van der Waals surface area contributed by atoms with E-state index >= 15 is 0 Å². The molecule has 0 fully saturated rings. The summed E-state index contributed by atoms with van der Waals surface area (Å²) in [5.41, 5.74) is 2.12. The molecule has 0 atom stereocenters. The quantitative estimate of drug-likeness (QED) is 0.793. The summed E-state index contributed by atoms with van der Waals surface area (Å²) in [5.74, 6) is 0.690. The molecule has 0 aliphatic rings. The maximum atomic E-state index is 5.43. The van der Waals surface area contributed by atoms with Crippen molar-refractivity contribution in [2.75, 3.05) is 19.2 Å². The average Bonchev–Trinajstić information content (AvgIpc) is 2.45. The number of benzene rings is 1. The zero-order valence-corrected chi connectivity index (χ0v) is 10.3. The molecule has 94 valence electrons. The first-order valence-corrected chi connectivity index (χ1v) is 5.73. The third-order valence-electron chi connectivity index (χ3n) is 2.44. The van der Waals surface area contributed by atoms with Gasteiger partial charge in [-0.25, -0.2) is 0 Å². The highest BCUT2D eigenvalue weighted by Gasteiger charge is 2.02. The zero-order valence-electron chi connectivity index (χ0n) is 10.3. The largest absolute Gasteiger partial charge is 0.464 e. The molecular weight excluding hydrogens is 228 g/mol. The van der Waals surface area contributed by atoms with Crippen LogP contribution < -0.4 is 10.1 Å². The second-order valence-corrected chi connectivity index (χ2v) is 3.76. The SMILES string of the molecule is COCOc1cnccc1NCc1ccccc1. The van der Waals surface area contributed by atoms with Gasteiger partial charge in [0.2, 0.25) is 0 Å². The van der Waals surface area contributed by atoms with Gasteiger partial charge in [-0.2, -0.15) is 0 Å².